The van der Waals surface area contributed by atoms with Gasteiger partial charge in [0.25, 0.3) is 0 Å². The largest absolute Gasteiger partial charge is 0.321 e. The molecule has 0 aliphatic rings. The van der Waals surface area contributed by atoms with Gasteiger partial charge in [0, 0.05) is 5.54 Å². The predicted molar refractivity (Wildman–Crippen MR) is 74.4 cm³/mol. The average molecular weight is 221 g/mol. The second-order valence-corrected chi connectivity index (χ2v) is 5.76. The van der Waals surface area contributed by atoms with E-state index in [1.54, 1.807) is 0 Å². The van der Waals surface area contributed by atoms with Gasteiger partial charge in [-0.3, -0.25) is 0 Å². The van der Waals surface area contributed by atoms with Crippen LogP contribution in [0.3, 0.4) is 0 Å². The summed E-state index contributed by atoms with van der Waals surface area (Å²) in [6, 6.07) is 0. The predicted octanol–water partition coefficient (Wildman–Crippen LogP) is 4.22. The summed E-state index contributed by atoms with van der Waals surface area (Å²) in [6.45, 7) is 16.6. The van der Waals surface area contributed by atoms with Crippen molar-refractivity contribution in [2.75, 3.05) is 0 Å². The van der Waals surface area contributed by atoms with Gasteiger partial charge in [-0.25, -0.2) is 0 Å². The van der Waals surface area contributed by atoms with Crippen molar-refractivity contribution >= 4 is 0 Å². The van der Waals surface area contributed by atoms with Gasteiger partial charge in [0.1, 0.15) is 0 Å². The molecule has 1 unspecified atom stereocenters. The third-order valence-electron chi connectivity index (χ3n) is 3.23. The maximum absolute atomic E-state index is 6.42. The van der Waals surface area contributed by atoms with Gasteiger partial charge in [-0.1, -0.05) is 51.2 Å². The van der Waals surface area contributed by atoms with E-state index >= 15 is 0 Å². The van der Waals surface area contributed by atoms with Crippen LogP contribution in [0.4, 0.5) is 0 Å². The third-order valence-corrected chi connectivity index (χ3v) is 3.23. The Bertz CT molecular complexity index is 298. The molecule has 1 atom stereocenters. The number of allylic oxidation sites excluding steroid dienone is 3. The molecule has 1 nitrogen and oxygen atoms in total. The van der Waals surface area contributed by atoms with Crippen LogP contribution < -0.4 is 5.73 Å². The summed E-state index contributed by atoms with van der Waals surface area (Å²) in [7, 11) is 0. The molecule has 2 N–H and O–H groups in total. The van der Waals surface area contributed by atoms with Gasteiger partial charge in [0.15, 0.2) is 0 Å². The number of nitrogens with two attached hydrogens (primary N) is 1. The molecule has 0 spiro atoms. The van der Waals surface area contributed by atoms with E-state index in [4.69, 9.17) is 5.73 Å². The van der Waals surface area contributed by atoms with Crippen molar-refractivity contribution in [1.29, 1.82) is 0 Å². The summed E-state index contributed by atoms with van der Waals surface area (Å²) in [6.07, 6.45) is 7.27. The zero-order chi connectivity index (χ0) is 13.0. The minimum absolute atomic E-state index is 0.0441. The van der Waals surface area contributed by atoms with Crippen LogP contribution in [0.1, 0.15) is 48.0 Å². The molecule has 0 saturated carbocycles. The Hall–Kier alpha value is -0.820. The summed E-state index contributed by atoms with van der Waals surface area (Å²) < 4.78 is 0. The van der Waals surface area contributed by atoms with Gasteiger partial charge in [-0.15, -0.1) is 0 Å². The maximum atomic E-state index is 6.42. The third kappa shape index (κ3) is 3.97. The highest BCUT2D eigenvalue weighted by atomic mass is 14.8. The summed E-state index contributed by atoms with van der Waals surface area (Å²) in [4.78, 5) is 0. The van der Waals surface area contributed by atoms with Crippen molar-refractivity contribution < 1.29 is 0 Å². The molecule has 16 heavy (non-hydrogen) atoms. The van der Waals surface area contributed by atoms with Crippen LogP contribution in [0.25, 0.3) is 0 Å². The first-order valence-electron chi connectivity index (χ1n) is 5.89. The van der Waals surface area contributed by atoms with Crippen molar-refractivity contribution in [3.05, 3.63) is 36.0 Å². The average Bonchev–Trinajstić information content (AvgIpc) is 2.09. The smallest absolute Gasteiger partial charge is 0.0426 e. The molecule has 0 bridgehead atoms. The van der Waals surface area contributed by atoms with Gasteiger partial charge in [0.2, 0.25) is 0 Å². The van der Waals surface area contributed by atoms with Crippen LogP contribution in [0.2, 0.25) is 0 Å². The summed E-state index contributed by atoms with van der Waals surface area (Å²) in [5, 5.41) is 0. The second-order valence-electron chi connectivity index (χ2n) is 5.76. The molecule has 0 amide bonds. The van der Waals surface area contributed by atoms with Crippen LogP contribution in [-0.4, -0.2) is 5.54 Å². The van der Waals surface area contributed by atoms with Gasteiger partial charge in [-0.2, -0.15) is 0 Å². The number of rotatable bonds is 4. The lowest BCUT2D eigenvalue weighted by atomic mass is 9.71. The molecule has 0 aromatic carbocycles. The van der Waals surface area contributed by atoms with E-state index in [2.05, 4.69) is 52.5 Å². The molecule has 0 rings (SSSR count). The lowest BCUT2D eigenvalue weighted by Gasteiger charge is -2.39. The summed E-state index contributed by atoms with van der Waals surface area (Å²) in [5.41, 5.74) is 8.50. The topological polar surface area (TPSA) is 26.0 Å². The zero-order valence-electron chi connectivity index (χ0n) is 11.7. The maximum Gasteiger partial charge on any atom is 0.0426 e. The van der Waals surface area contributed by atoms with Crippen molar-refractivity contribution in [2.24, 2.45) is 11.1 Å². The standard InChI is InChI=1S/C15H27N/c1-8-13(11-9-10-12(2)3)15(7,16)14(4,5)6/h8-9,11H,2,10,16H2,1,3-7H3/b11-9-,13-8+. The van der Waals surface area contributed by atoms with E-state index in [1.165, 1.54) is 11.1 Å². The van der Waals surface area contributed by atoms with E-state index in [0.717, 1.165) is 6.42 Å². The molecule has 0 aliphatic carbocycles. The minimum atomic E-state index is -0.312. The fourth-order valence-electron chi connectivity index (χ4n) is 1.39. The molecule has 1 heteroatoms. The second kappa shape index (κ2) is 5.49. The first kappa shape index (κ1) is 15.2. The Morgan fingerprint density at radius 1 is 1.25 bits per heavy atom. The lowest BCUT2D eigenvalue weighted by Crippen LogP contribution is -2.49. The molecule has 0 aromatic rings. The summed E-state index contributed by atoms with van der Waals surface area (Å²) >= 11 is 0. The Labute approximate surface area is 101 Å². The van der Waals surface area contributed by atoms with E-state index in [1.807, 2.05) is 13.8 Å². The van der Waals surface area contributed by atoms with Crippen LogP contribution in [0.5, 0.6) is 0 Å². The highest BCUT2D eigenvalue weighted by molar-refractivity contribution is 5.32. The monoisotopic (exact) mass is 221 g/mol. The van der Waals surface area contributed by atoms with E-state index < -0.39 is 0 Å². The zero-order valence-corrected chi connectivity index (χ0v) is 11.7. The molecular formula is C15H27N. The first-order chi connectivity index (χ1) is 7.13. The van der Waals surface area contributed by atoms with Crippen LogP contribution >= 0.6 is 0 Å². The quantitative estimate of drug-likeness (QED) is 0.558. The van der Waals surface area contributed by atoms with E-state index in [-0.39, 0.29) is 11.0 Å². The molecule has 0 aliphatic heterocycles. The normalized spacial score (nSPS) is 17.6. The highest BCUT2D eigenvalue weighted by Crippen LogP contribution is 2.34. The van der Waals surface area contributed by atoms with E-state index in [9.17, 15) is 0 Å². The van der Waals surface area contributed by atoms with Crippen molar-refractivity contribution in [3.8, 4) is 0 Å². The molecule has 0 radical (unpaired) electrons. The molecule has 92 valence electrons. The molecular weight excluding hydrogens is 194 g/mol. The Kier molecular flexibility index (Phi) is 5.21. The minimum Gasteiger partial charge on any atom is -0.321 e. The first-order valence-corrected chi connectivity index (χ1v) is 5.89. The van der Waals surface area contributed by atoms with Crippen molar-refractivity contribution in [3.63, 3.8) is 0 Å². The number of hydrogen-bond donors (Lipinski definition) is 1. The summed E-state index contributed by atoms with van der Waals surface area (Å²) in [5.74, 6) is 0. The molecule has 0 aromatic heterocycles. The SMILES string of the molecule is C=C(C)C/C=C\C(=C/C)C(C)(N)C(C)(C)C. The molecule has 0 heterocycles. The van der Waals surface area contributed by atoms with Crippen molar-refractivity contribution in [2.45, 2.75) is 53.5 Å². The van der Waals surface area contributed by atoms with Gasteiger partial charge in [-0.05, 0) is 38.2 Å². The van der Waals surface area contributed by atoms with Gasteiger partial charge < -0.3 is 5.73 Å². The Balaban J connectivity index is 4.90. The molecule has 0 saturated heterocycles. The molecule has 0 fully saturated rings. The van der Waals surface area contributed by atoms with Gasteiger partial charge in [0.05, 0.1) is 0 Å². The Morgan fingerprint density at radius 3 is 2.06 bits per heavy atom. The van der Waals surface area contributed by atoms with Crippen LogP contribution in [0, 0.1) is 5.41 Å². The fraction of sp³-hybridized carbons (Fsp3) is 0.600. The lowest BCUT2D eigenvalue weighted by molar-refractivity contribution is 0.252. The van der Waals surface area contributed by atoms with E-state index in [0.29, 0.717) is 0 Å². The van der Waals surface area contributed by atoms with Crippen LogP contribution in [0.15, 0.2) is 36.0 Å². The number of hydrogen-bond acceptors (Lipinski definition) is 1. The van der Waals surface area contributed by atoms with Crippen molar-refractivity contribution in [1.82, 2.24) is 0 Å². The fourth-order valence-corrected chi connectivity index (χ4v) is 1.39. The van der Waals surface area contributed by atoms with Gasteiger partial charge >= 0.3 is 0 Å². The Morgan fingerprint density at radius 2 is 1.75 bits per heavy atom. The highest BCUT2D eigenvalue weighted by Gasteiger charge is 2.35. The van der Waals surface area contributed by atoms with Crippen LogP contribution in [-0.2, 0) is 0 Å².